The molecule has 0 aromatic heterocycles. The van der Waals surface area contributed by atoms with Crippen molar-refractivity contribution in [3.63, 3.8) is 0 Å². The summed E-state index contributed by atoms with van der Waals surface area (Å²) in [6.45, 7) is 1.37. The maximum atomic E-state index is 10.7. The molecular formula is C7H12O4. The van der Waals surface area contributed by atoms with E-state index >= 15 is 0 Å². The Morgan fingerprint density at radius 1 is 1.36 bits per heavy atom. The number of methoxy groups -OCH3 is 2. The molecule has 0 saturated heterocycles. The summed E-state index contributed by atoms with van der Waals surface area (Å²) in [5.41, 5.74) is 0. The highest BCUT2D eigenvalue weighted by Crippen LogP contribution is 1.99. The number of rotatable bonds is 4. The van der Waals surface area contributed by atoms with Crippen molar-refractivity contribution in [2.45, 2.75) is 19.4 Å². The molecule has 0 fully saturated rings. The monoisotopic (exact) mass is 160 g/mol. The third kappa shape index (κ3) is 3.72. The minimum Gasteiger partial charge on any atom is -0.469 e. The molecule has 4 heteroatoms. The molecule has 0 bridgehead atoms. The molecule has 0 saturated carbocycles. The first-order valence-corrected chi connectivity index (χ1v) is 3.22. The molecule has 11 heavy (non-hydrogen) atoms. The summed E-state index contributed by atoms with van der Waals surface area (Å²) in [5.74, 6) is -0.607. The molecule has 0 spiro atoms. The predicted octanol–water partition coefficient (Wildman–Crippen LogP) is 0.153. The van der Waals surface area contributed by atoms with Crippen LogP contribution in [-0.2, 0) is 19.1 Å². The number of ether oxygens (including phenoxy) is 2. The van der Waals surface area contributed by atoms with Crippen LogP contribution in [0, 0.1) is 0 Å². The first-order valence-electron chi connectivity index (χ1n) is 3.22. The fraction of sp³-hybridized carbons (Fsp3) is 0.714. The highest BCUT2D eigenvalue weighted by atomic mass is 16.5. The van der Waals surface area contributed by atoms with Crippen LogP contribution in [0.25, 0.3) is 0 Å². The van der Waals surface area contributed by atoms with Crippen molar-refractivity contribution in [1.29, 1.82) is 0 Å². The maximum absolute atomic E-state index is 10.7. The van der Waals surface area contributed by atoms with Crippen molar-refractivity contribution in [2.24, 2.45) is 0 Å². The molecule has 4 nitrogen and oxygen atoms in total. The van der Waals surface area contributed by atoms with Gasteiger partial charge in [-0.2, -0.15) is 0 Å². The van der Waals surface area contributed by atoms with Crippen molar-refractivity contribution in [2.75, 3.05) is 14.2 Å². The van der Waals surface area contributed by atoms with Crippen LogP contribution < -0.4 is 0 Å². The Kier molecular flexibility index (Phi) is 4.45. The first-order chi connectivity index (χ1) is 5.11. The van der Waals surface area contributed by atoms with E-state index in [1.54, 1.807) is 0 Å². The number of carbonyl (C=O) groups is 2. The zero-order valence-electron chi connectivity index (χ0n) is 6.92. The Labute approximate surface area is 65.5 Å². The summed E-state index contributed by atoms with van der Waals surface area (Å²) in [4.78, 5) is 21.3. The lowest BCUT2D eigenvalue weighted by atomic mass is 10.2. The van der Waals surface area contributed by atoms with Crippen LogP contribution in [0.1, 0.15) is 13.3 Å². The quantitative estimate of drug-likeness (QED) is 0.549. The SMILES string of the molecule is COC(=O)CC(OC)C(C)=O. The highest BCUT2D eigenvalue weighted by Gasteiger charge is 2.17. The number of hydrogen-bond acceptors (Lipinski definition) is 4. The van der Waals surface area contributed by atoms with Crippen LogP contribution in [0.3, 0.4) is 0 Å². The second-order valence-corrected chi connectivity index (χ2v) is 2.12. The van der Waals surface area contributed by atoms with Gasteiger partial charge in [-0.05, 0) is 6.92 Å². The van der Waals surface area contributed by atoms with Crippen LogP contribution in [-0.4, -0.2) is 32.1 Å². The van der Waals surface area contributed by atoms with Crippen molar-refractivity contribution in [1.82, 2.24) is 0 Å². The summed E-state index contributed by atoms with van der Waals surface area (Å²) >= 11 is 0. The molecule has 0 aromatic rings. The lowest BCUT2D eigenvalue weighted by Crippen LogP contribution is -2.24. The number of carbonyl (C=O) groups excluding carboxylic acids is 2. The number of esters is 1. The maximum Gasteiger partial charge on any atom is 0.308 e. The van der Waals surface area contributed by atoms with Gasteiger partial charge in [0, 0.05) is 7.11 Å². The lowest BCUT2D eigenvalue weighted by Gasteiger charge is -2.08. The number of ketones is 1. The molecule has 64 valence electrons. The molecule has 0 aliphatic carbocycles. The van der Waals surface area contributed by atoms with Crippen LogP contribution >= 0.6 is 0 Å². The third-order valence-corrected chi connectivity index (χ3v) is 1.32. The van der Waals surface area contributed by atoms with Crippen molar-refractivity contribution >= 4 is 11.8 Å². The summed E-state index contributed by atoms with van der Waals surface area (Å²) < 4.78 is 9.10. The average molecular weight is 160 g/mol. The van der Waals surface area contributed by atoms with Gasteiger partial charge in [0.25, 0.3) is 0 Å². The van der Waals surface area contributed by atoms with E-state index in [-0.39, 0.29) is 12.2 Å². The number of hydrogen-bond donors (Lipinski definition) is 0. The van der Waals surface area contributed by atoms with Gasteiger partial charge in [0.2, 0.25) is 0 Å². The van der Waals surface area contributed by atoms with Gasteiger partial charge in [-0.15, -0.1) is 0 Å². The van der Waals surface area contributed by atoms with Gasteiger partial charge >= 0.3 is 5.97 Å². The Morgan fingerprint density at radius 3 is 2.18 bits per heavy atom. The molecule has 0 aliphatic rings. The Hall–Kier alpha value is -0.900. The largest absolute Gasteiger partial charge is 0.469 e. The average Bonchev–Trinajstić information content (AvgIpc) is 1.99. The Morgan fingerprint density at radius 2 is 1.91 bits per heavy atom. The zero-order chi connectivity index (χ0) is 8.85. The van der Waals surface area contributed by atoms with Crippen molar-refractivity contribution < 1.29 is 19.1 Å². The predicted molar refractivity (Wildman–Crippen MR) is 38.1 cm³/mol. The molecular weight excluding hydrogens is 148 g/mol. The molecule has 0 radical (unpaired) electrons. The second-order valence-electron chi connectivity index (χ2n) is 2.12. The molecule has 0 aromatic carbocycles. The van der Waals surface area contributed by atoms with Gasteiger partial charge in [-0.25, -0.2) is 0 Å². The molecule has 0 heterocycles. The minimum absolute atomic E-state index is 0.0116. The van der Waals surface area contributed by atoms with E-state index in [0.29, 0.717) is 0 Å². The van der Waals surface area contributed by atoms with Crippen LogP contribution in [0.4, 0.5) is 0 Å². The third-order valence-electron chi connectivity index (χ3n) is 1.32. The van der Waals surface area contributed by atoms with E-state index in [0.717, 1.165) is 0 Å². The van der Waals surface area contributed by atoms with Crippen LogP contribution in [0.2, 0.25) is 0 Å². The van der Waals surface area contributed by atoms with Gasteiger partial charge in [0.15, 0.2) is 5.78 Å². The van der Waals surface area contributed by atoms with Gasteiger partial charge in [0.1, 0.15) is 6.10 Å². The van der Waals surface area contributed by atoms with Crippen molar-refractivity contribution in [3.05, 3.63) is 0 Å². The molecule has 1 atom stereocenters. The van der Waals surface area contributed by atoms with E-state index in [1.807, 2.05) is 0 Å². The fourth-order valence-electron chi connectivity index (χ4n) is 0.628. The highest BCUT2D eigenvalue weighted by molar-refractivity contribution is 5.85. The van der Waals surface area contributed by atoms with Crippen molar-refractivity contribution in [3.8, 4) is 0 Å². The molecule has 0 N–H and O–H groups in total. The zero-order valence-corrected chi connectivity index (χ0v) is 6.92. The summed E-state index contributed by atoms with van der Waals surface area (Å²) in [6, 6.07) is 0. The molecule has 0 aliphatic heterocycles. The normalized spacial score (nSPS) is 12.3. The van der Waals surface area contributed by atoms with Gasteiger partial charge in [-0.3, -0.25) is 9.59 Å². The summed E-state index contributed by atoms with van der Waals surface area (Å²) in [5, 5.41) is 0. The molecule has 1 unspecified atom stereocenters. The van der Waals surface area contributed by atoms with Crippen LogP contribution in [0.15, 0.2) is 0 Å². The Balaban J connectivity index is 3.88. The topological polar surface area (TPSA) is 52.6 Å². The van der Waals surface area contributed by atoms with Gasteiger partial charge in [-0.1, -0.05) is 0 Å². The van der Waals surface area contributed by atoms with E-state index in [9.17, 15) is 9.59 Å². The smallest absolute Gasteiger partial charge is 0.308 e. The van der Waals surface area contributed by atoms with E-state index in [4.69, 9.17) is 4.74 Å². The van der Waals surface area contributed by atoms with Crippen LogP contribution in [0.5, 0.6) is 0 Å². The van der Waals surface area contributed by atoms with E-state index < -0.39 is 12.1 Å². The molecule has 0 amide bonds. The Bertz CT molecular complexity index is 153. The van der Waals surface area contributed by atoms with Gasteiger partial charge < -0.3 is 9.47 Å². The van der Waals surface area contributed by atoms with E-state index in [2.05, 4.69) is 4.74 Å². The second kappa shape index (κ2) is 4.85. The first kappa shape index (κ1) is 10.1. The molecule has 0 rings (SSSR count). The lowest BCUT2D eigenvalue weighted by molar-refractivity contribution is -0.146. The van der Waals surface area contributed by atoms with E-state index in [1.165, 1.54) is 21.1 Å². The minimum atomic E-state index is -0.664. The van der Waals surface area contributed by atoms with Gasteiger partial charge in [0.05, 0.1) is 13.5 Å². The fourth-order valence-corrected chi connectivity index (χ4v) is 0.628. The number of Topliss-reactive ketones (excluding diaryl/α,β-unsaturated/α-hetero) is 1. The standard InChI is InChI=1S/C7H12O4/c1-5(8)6(10-2)4-7(9)11-3/h6H,4H2,1-3H3. The summed E-state index contributed by atoms with van der Waals surface area (Å²) in [6.07, 6.45) is -0.676. The summed E-state index contributed by atoms with van der Waals surface area (Å²) in [7, 11) is 2.66.